The number of ether oxygens (including phenoxy) is 1. The van der Waals surface area contributed by atoms with E-state index < -0.39 is 0 Å². The van der Waals surface area contributed by atoms with E-state index in [2.05, 4.69) is 34.6 Å². The average molecular weight is 536 g/mol. The van der Waals surface area contributed by atoms with E-state index in [4.69, 9.17) is 4.74 Å². The Kier molecular flexibility index (Phi) is 8.01. The van der Waals surface area contributed by atoms with Gasteiger partial charge in [-0.2, -0.15) is 0 Å². The lowest BCUT2D eigenvalue weighted by atomic mass is 9.46. The van der Waals surface area contributed by atoms with Crippen molar-refractivity contribution < 1.29 is 14.5 Å². The predicted octanol–water partition coefficient (Wildman–Crippen LogP) is 8.86. The van der Waals surface area contributed by atoms with Gasteiger partial charge in [0.05, 0.1) is 10.5 Å². The summed E-state index contributed by atoms with van der Waals surface area (Å²) >= 11 is 0. The molecule has 4 aliphatic carbocycles. The molecule has 0 aromatic heterocycles. The molecule has 0 saturated heterocycles. The molecule has 4 unspecified atom stereocenters. The van der Waals surface area contributed by atoms with Gasteiger partial charge in [-0.15, -0.1) is 0 Å². The van der Waals surface area contributed by atoms with Crippen LogP contribution in [0.15, 0.2) is 41.6 Å². The van der Waals surface area contributed by atoms with E-state index >= 15 is 0 Å². The molecule has 1 aromatic rings. The summed E-state index contributed by atoms with van der Waals surface area (Å²) in [6.45, 7) is 12.0. The van der Waals surface area contributed by atoms with Crippen molar-refractivity contribution in [1.29, 1.82) is 0 Å². The minimum Gasteiger partial charge on any atom is -0.458 e. The Morgan fingerprint density at radius 2 is 1.74 bits per heavy atom. The third kappa shape index (κ3) is 5.20. The number of allylic oxidation sites excluding steroid dienone is 1. The van der Waals surface area contributed by atoms with E-state index in [0.29, 0.717) is 47.3 Å². The van der Waals surface area contributed by atoms with E-state index in [-0.39, 0.29) is 22.4 Å². The zero-order valence-corrected chi connectivity index (χ0v) is 24.8. The summed E-state index contributed by atoms with van der Waals surface area (Å²) in [4.78, 5) is 25.2. The topological polar surface area (TPSA) is 69.4 Å². The Hall–Kier alpha value is -2.17. The van der Waals surface area contributed by atoms with Crippen LogP contribution in [0.5, 0.6) is 0 Å². The molecule has 0 spiro atoms. The molecule has 5 rings (SSSR count). The molecule has 0 amide bonds. The molecule has 0 radical (unpaired) electrons. The number of carbonyl (C=O) groups is 1. The summed E-state index contributed by atoms with van der Waals surface area (Å²) in [6, 6.07) is 9.08. The Balaban J connectivity index is 1.35. The maximum atomic E-state index is 12.8. The first-order valence-corrected chi connectivity index (χ1v) is 15.7. The molecule has 39 heavy (non-hydrogen) atoms. The van der Waals surface area contributed by atoms with Crippen LogP contribution in [0.4, 0.5) is 0 Å². The number of benzene rings is 1. The van der Waals surface area contributed by atoms with E-state index in [9.17, 15) is 14.9 Å². The molecule has 0 aliphatic heterocycles. The van der Waals surface area contributed by atoms with Gasteiger partial charge in [-0.25, -0.2) is 4.79 Å². The highest BCUT2D eigenvalue weighted by molar-refractivity contribution is 5.89. The highest BCUT2D eigenvalue weighted by Crippen LogP contribution is 2.68. The monoisotopic (exact) mass is 535 g/mol. The van der Waals surface area contributed by atoms with Gasteiger partial charge in [0, 0.05) is 18.4 Å². The van der Waals surface area contributed by atoms with E-state index in [1.165, 1.54) is 44.9 Å². The SMILES string of the molecule is CC(C)CCC[C@@H](C)[C@H]1CCC2C3CC([N+](=O)[O-])=C4CC(OC(=O)c5ccccc5)CC[C@]4(C)C3CC[C@@]21C. The van der Waals surface area contributed by atoms with Crippen molar-refractivity contribution in [3.8, 4) is 0 Å². The Morgan fingerprint density at radius 1 is 1.00 bits per heavy atom. The van der Waals surface area contributed by atoms with Crippen LogP contribution in [0.3, 0.4) is 0 Å². The highest BCUT2D eigenvalue weighted by atomic mass is 16.6. The van der Waals surface area contributed by atoms with Crippen molar-refractivity contribution in [3.63, 3.8) is 0 Å². The molecule has 0 N–H and O–H groups in total. The van der Waals surface area contributed by atoms with E-state index in [1.54, 1.807) is 12.1 Å². The van der Waals surface area contributed by atoms with Crippen molar-refractivity contribution in [3.05, 3.63) is 57.3 Å². The smallest absolute Gasteiger partial charge is 0.338 e. The standard InChI is InChI=1S/C34H49NO4/c1-22(2)10-9-11-23(3)27-14-15-28-26-21-31(35(37)38)30-20-25(39-32(36)24-12-7-6-8-13-24)16-18-34(30,5)29(26)17-19-33(27,28)4/h6-8,12-13,22-23,25-29H,9-11,14-21H2,1-5H3/t23-,25?,26?,27-,28?,29?,33-,34-/m1/s1. The highest BCUT2D eigenvalue weighted by Gasteiger charge is 2.62. The van der Waals surface area contributed by atoms with Gasteiger partial charge in [-0.05, 0) is 97.0 Å². The van der Waals surface area contributed by atoms with E-state index in [0.717, 1.165) is 36.2 Å². The molecule has 0 heterocycles. The van der Waals surface area contributed by atoms with Crippen molar-refractivity contribution in [2.45, 2.75) is 111 Å². The van der Waals surface area contributed by atoms with Crippen LogP contribution in [-0.2, 0) is 4.74 Å². The zero-order chi connectivity index (χ0) is 27.9. The first-order chi connectivity index (χ1) is 18.5. The first-order valence-electron chi connectivity index (χ1n) is 15.7. The maximum Gasteiger partial charge on any atom is 0.338 e. The average Bonchev–Trinajstić information content (AvgIpc) is 3.26. The predicted molar refractivity (Wildman–Crippen MR) is 155 cm³/mol. The van der Waals surface area contributed by atoms with Crippen LogP contribution >= 0.6 is 0 Å². The van der Waals surface area contributed by atoms with Crippen molar-refractivity contribution in [1.82, 2.24) is 0 Å². The second kappa shape index (κ2) is 11.0. The number of rotatable bonds is 8. The maximum absolute atomic E-state index is 12.8. The summed E-state index contributed by atoms with van der Waals surface area (Å²) in [5.74, 6) is 3.38. The summed E-state index contributed by atoms with van der Waals surface area (Å²) < 4.78 is 5.91. The minimum absolute atomic E-state index is 0.0852. The van der Waals surface area contributed by atoms with Crippen molar-refractivity contribution >= 4 is 5.97 Å². The summed E-state index contributed by atoms with van der Waals surface area (Å²) in [5, 5.41) is 12.5. The summed E-state index contributed by atoms with van der Waals surface area (Å²) in [6.07, 6.45) is 11.3. The second-order valence-corrected chi connectivity index (χ2v) is 14.3. The van der Waals surface area contributed by atoms with Crippen LogP contribution < -0.4 is 0 Å². The fourth-order valence-corrected chi connectivity index (χ4v) is 9.84. The van der Waals surface area contributed by atoms with Crippen LogP contribution in [0.25, 0.3) is 0 Å². The second-order valence-electron chi connectivity index (χ2n) is 14.3. The molecular weight excluding hydrogens is 486 g/mol. The van der Waals surface area contributed by atoms with Crippen molar-refractivity contribution in [2.24, 2.45) is 46.3 Å². The first kappa shape index (κ1) is 28.4. The van der Waals surface area contributed by atoms with Crippen LogP contribution in [0.2, 0.25) is 0 Å². The van der Waals surface area contributed by atoms with Gasteiger partial charge in [-0.3, -0.25) is 10.1 Å². The van der Waals surface area contributed by atoms with Crippen molar-refractivity contribution in [2.75, 3.05) is 0 Å². The fourth-order valence-electron chi connectivity index (χ4n) is 9.84. The minimum atomic E-state index is -0.325. The number of fused-ring (bicyclic) bond motifs is 5. The normalized spacial score (nSPS) is 36.6. The lowest BCUT2D eigenvalue weighted by molar-refractivity contribution is -0.434. The summed E-state index contributed by atoms with van der Waals surface area (Å²) in [7, 11) is 0. The molecule has 5 heteroatoms. The zero-order valence-electron chi connectivity index (χ0n) is 24.8. The van der Waals surface area contributed by atoms with Gasteiger partial charge < -0.3 is 4.74 Å². The quantitative estimate of drug-likeness (QED) is 0.189. The molecule has 5 nitrogen and oxygen atoms in total. The lowest BCUT2D eigenvalue weighted by Crippen LogP contribution is -2.52. The van der Waals surface area contributed by atoms with E-state index in [1.807, 2.05) is 18.2 Å². The number of nitro groups is 1. The molecule has 4 aliphatic rings. The molecule has 1 aromatic carbocycles. The Bertz CT molecular complexity index is 1100. The van der Waals surface area contributed by atoms with Gasteiger partial charge in [0.1, 0.15) is 6.10 Å². The molecule has 0 bridgehead atoms. The van der Waals surface area contributed by atoms with Gasteiger partial charge in [0.2, 0.25) is 5.70 Å². The third-order valence-corrected chi connectivity index (χ3v) is 11.8. The molecule has 8 atom stereocenters. The van der Waals surface area contributed by atoms with Gasteiger partial charge in [0.25, 0.3) is 0 Å². The molecule has 3 saturated carbocycles. The van der Waals surface area contributed by atoms with Crippen LogP contribution in [0, 0.1) is 56.5 Å². The van der Waals surface area contributed by atoms with Crippen LogP contribution in [0.1, 0.15) is 116 Å². The fraction of sp³-hybridized carbons (Fsp3) is 0.735. The van der Waals surface area contributed by atoms with Gasteiger partial charge in [-0.1, -0.05) is 72.1 Å². The third-order valence-electron chi connectivity index (χ3n) is 11.8. The number of carbonyl (C=O) groups excluding carboxylic acids is 1. The largest absolute Gasteiger partial charge is 0.458 e. The molecule has 214 valence electrons. The molecular formula is C34H49NO4. The number of hydrogen-bond acceptors (Lipinski definition) is 4. The van der Waals surface area contributed by atoms with Gasteiger partial charge >= 0.3 is 5.97 Å². The summed E-state index contributed by atoms with van der Waals surface area (Å²) in [5.41, 5.74) is 2.10. The van der Waals surface area contributed by atoms with Gasteiger partial charge in [0.15, 0.2) is 0 Å². The Morgan fingerprint density at radius 3 is 2.44 bits per heavy atom. The number of hydrogen-bond donors (Lipinski definition) is 0. The lowest BCUT2D eigenvalue weighted by Gasteiger charge is -2.58. The Labute approximate surface area is 235 Å². The number of esters is 1. The molecule has 3 fully saturated rings. The number of nitrogens with zero attached hydrogens (tertiary/aromatic N) is 1. The van der Waals surface area contributed by atoms with Crippen LogP contribution in [-0.4, -0.2) is 17.0 Å².